The molecule has 0 aliphatic carbocycles. The van der Waals surface area contributed by atoms with Gasteiger partial charge >= 0.3 is 0 Å². The van der Waals surface area contributed by atoms with Gasteiger partial charge in [-0.25, -0.2) is 0 Å². The first-order valence-corrected chi connectivity index (χ1v) is 5.32. The second kappa shape index (κ2) is 5.32. The van der Waals surface area contributed by atoms with Gasteiger partial charge in [0.05, 0.1) is 0 Å². The molecule has 3 N–H and O–H groups in total. The zero-order valence-electron chi connectivity index (χ0n) is 9.12. The van der Waals surface area contributed by atoms with E-state index in [-0.39, 0.29) is 5.91 Å². The van der Waals surface area contributed by atoms with Crippen LogP contribution < -0.4 is 11.1 Å². The van der Waals surface area contributed by atoms with Crippen molar-refractivity contribution in [3.63, 3.8) is 0 Å². The van der Waals surface area contributed by atoms with E-state index in [4.69, 9.17) is 5.73 Å². The number of carbonyl (C=O) groups excluding carboxylic acids is 1. The predicted octanol–water partition coefficient (Wildman–Crippen LogP) is -0.208. The van der Waals surface area contributed by atoms with Gasteiger partial charge in [-0.2, -0.15) is 0 Å². The Morgan fingerprint density at radius 2 is 2.29 bits per heavy atom. The number of carbonyl (C=O) groups is 1. The predicted molar refractivity (Wildman–Crippen MR) is 56.9 cm³/mol. The smallest absolute Gasteiger partial charge is 0.219 e. The summed E-state index contributed by atoms with van der Waals surface area (Å²) >= 11 is 0. The Bertz CT molecular complexity index is 186. The molecule has 0 radical (unpaired) electrons. The molecule has 2 unspecified atom stereocenters. The number of hydrogen-bond donors (Lipinski definition) is 2. The van der Waals surface area contributed by atoms with E-state index in [9.17, 15) is 4.79 Å². The first-order valence-electron chi connectivity index (χ1n) is 5.32. The summed E-state index contributed by atoms with van der Waals surface area (Å²) in [6.07, 6.45) is 1.55. The number of likely N-dealkylation sites (tertiary alicyclic amines) is 1. The third-order valence-electron chi connectivity index (χ3n) is 2.90. The Kier molecular flexibility index (Phi) is 4.35. The molecule has 1 rings (SSSR count). The topological polar surface area (TPSA) is 58.4 Å². The van der Waals surface area contributed by atoms with Crippen molar-refractivity contribution in [1.82, 2.24) is 10.2 Å². The number of nitrogens with one attached hydrogen (secondary N) is 1. The highest BCUT2D eigenvalue weighted by atomic mass is 16.1. The van der Waals surface area contributed by atoms with Crippen LogP contribution in [-0.2, 0) is 4.79 Å². The van der Waals surface area contributed by atoms with Crippen LogP contribution in [0.1, 0.15) is 19.8 Å². The largest absolute Gasteiger partial charge is 0.359 e. The molecule has 4 nitrogen and oxygen atoms in total. The van der Waals surface area contributed by atoms with Crippen LogP contribution in [0.15, 0.2) is 0 Å². The second-order valence-corrected chi connectivity index (χ2v) is 4.18. The third kappa shape index (κ3) is 3.27. The van der Waals surface area contributed by atoms with Crippen molar-refractivity contribution in [2.24, 2.45) is 11.7 Å². The van der Waals surface area contributed by atoms with Gasteiger partial charge in [0.25, 0.3) is 0 Å². The van der Waals surface area contributed by atoms with Crippen molar-refractivity contribution >= 4 is 5.91 Å². The first-order chi connectivity index (χ1) is 6.63. The van der Waals surface area contributed by atoms with Crippen LogP contribution in [0.4, 0.5) is 0 Å². The molecular weight excluding hydrogens is 178 g/mol. The van der Waals surface area contributed by atoms with E-state index >= 15 is 0 Å². The van der Waals surface area contributed by atoms with Crippen LogP contribution in [0.5, 0.6) is 0 Å². The highest BCUT2D eigenvalue weighted by molar-refractivity contribution is 5.75. The van der Waals surface area contributed by atoms with E-state index in [1.54, 1.807) is 7.05 Å². The minimum absolute atomic E-state index is 0.126. The van der Waals surface area contributed by atoms with E-state index in [2.05, 4.69) is 17.1 Å². The maximum Gasteiger partial charge on any atom is 0.219 e. The number of hydrogen-bond acceptors (Lipinski definition) is 3. The molecule has 0 saturated carbocycles. The zero-order valence-corrected chi connectivity index (χ0v) is 9.12. The van der Waals surface area contributed by atoms with Gasteiger partial charge in [-0.1, -0.05) is 6.92 Å². The van der Waals surface area contributed by atoms with Crippen molar-refractivity contribution in [2.75, 3.05) is 26.7 Å². The molecule has 1 amide bonds. The normalized spacial score (nSPS) is 27.9. The molecule has 82 valence electrons. The van der Waals surface area contributed by atoms with Crippen LogP contribution in [-0.4, -0.2) is 43.5 Å². The molecule has 1 saturated heterocycles. The summed E-state index contributed by atoms with van der Waals surface area (Å²) in [4.78, 5) is 13.3. The van der Waals surface area contributed by atoms with Crippen molar-refractivity contribution in [3.05, 3.63) is 0 Å². The average Bonchev–Trinajstić information content (AvgIpc) is 2.46. The Morgan fingerprint density at radius 3 is 2.79 bits per heavy atom. The van der Waals surface area contributed by atoms with Gasteiger partial charge in [0.2, 0.25) is 5.91 Å². The van der Waals surface area contributed by atoms with Gasteiger partial charge in [0.1, 0.15) is 0 Å². The Balaban J connectivity index is 2.11. The van der Waals surface area contributed by atoms with Crippen molar-refractivity contribution < 1.29 is 4.79 Å². The summed E-state index contributed by atoms with van der Waals surface area (Å²) in [6, 6.07) is 0.315. The lowest BCUT2D eigenvalue weighted by molar-refractivity contribution is -0.120. The minimum atomic E-state index is 0.126. The molecule has 0 aromatic heterocycles. The molecule has 2 atom stereocenters. The number of nitrogens with two attached hydrogens (primary N) is 1. The first kappa shape index (κ1) is 11.5. The molecule has 0 spiro atoms. The van der Waals surface area contributed by atoms with Gasteiger partial charge < -0.3 is 16.0 Å². The SMILES string of the molecule is CNC(=O)CCCN1CC(C)C(N)C1. The van der Waals surface area contributed by atoms with E-state index in [1.807, 2.05) is 0 Å². The monoisotopic (exact) mass is 199 g/mol. The number of amides is 1. The fourth-order valence-electron chi connectivity index (χ4n) is 1.87. The van der Waals surface area contributed by atoms with Gasteiger partial charge in [-0.15, -0.1) is 0 Å². The highest BCUT2D eigenvalue weighted by Crippen LogP contribution is 2.14. The van der Waals surface area contributed by atoms with Crippen LogP contribution >= 0.6 is 0 Å². The van der Waals surface area contributed by atoms with Gasteiger partial charge in [-0.05, 0) is 18.9 Å². The fraction of sp³-hybridized carbons (Fsp3) is 0.900. The maximum absolute atomic E-state index is 11.0. The van der Waals surface area contributed by atoms with E-state index in [0.717, 1.165) is 26.1 Å². The summed E-state index contributed by atoms with van der Waals surface area (Å²) in [7, 11) is 1.68. The zero-order chi connectivity index (χ0) is 10.6. The molecule has 0 aromatic carbocycles. The van der Waals surface area contributed by atoms with Crippen LogP contribution in [0.25, 0.3) is 0 Å². The lowest BCUT2D eigenvalue weighted by Gasteiger charge is -2.14. The molecule has 0 bridgehead atoms. The maximum atomic E-state index is 11.0. The summed E-state index contributed by atoms with van der Waals surface area (Å²) in [5.74, 6) is 0.719. The Morgan fingerprint density at radius 1 is 1.57 bits per heavy atom. The second-order valence-electron chi connectivity index (χ2n) is 4.18. The summed E-state index contributed by atoms with van der Waals surface area (Å²) in [6.45, 7) is 5.23. The fourth-order valence-corrected chi connectivity index (χ4v) is 1.87. The molecule has 1 aliphatic rings. The van der Waals surface area contributed by atoms with Crippen molar-refractivity contribution in [2.45, 2.75) is 25.8 Å². The van der Waals surface area contributed by atoms with E-state index in [0.29, 0.717) is 18.4 Å². The van der Waals surface area contributed by atoms with Crippen molar-refractivity contribution in [3.8, 4) is 0 Å². The lowest BCUT2D eigenvalue weighted by atomic mass is 10.1. The van der Waals surface area contributed by atoms with Gasteiger partial charge in [0, 0.05) is 32.6 Å². The number of nitrogens with zero attached hydrogens (tertiary/aromatic N) is 1. The Hall–Kier alpha value is -0.610. The summed E-state index contributed by atoms with van der Waals surface area (Å²) in [5.41, 5.74) is 5.91. The van der Waals surface area contributed by atoms with Crippen LogP contribution in [0, 0.1) is 5.92 Å². The van der Waals surface area contributed by atoms with E-state index in [1.165, 1.54) is 0 Å². The van der Waals surface area contributed by atoms with Crippen LogP contribution in [0.3, 0.4) is 0 Å². The van der Waals surface area contributed by atoms with Gasteiger partial charge in [-0.3, -0.25) is 4.79 Å². The molecule has 1 fully saturated rings. The molecule has 14 heavy (non-hydrogen) atoms. The molecular formula is C10H21N3O. The highest BCUT2D eigenvalue weighted by Gasteiger charge is 2.25. The minimum Gasteiger partial charge on any atom is -0.359 e. The average molecular weight is 199 g/mol. The third-order valence-corrected chi connectivity index (χ3v) is 2.90. The molecule has 1 aliphatic heterocycles. The molecule has 4 heteroatoms. The summed E-state index contributed by atoms with van der Waals surface area (Å²) < 4.78 is 0. The standard InChI is InChI=1S/C10H21N3O/c1-8-6-13(7-9(8)11)5-3-4-10(14)12-2/h8-9H,3-7,11H2,1-2H3,(H,12,14). The van der Waals surface area contributed by atoms with Crippen LogP contribution in [0.2, 0.25) is 0 Å². The quantitative estimate of drug-likeness (QED) is 0.659. The van der Waals surface area contributed by atoms with Gasteiger partial charge in [0.15, 0.2) is 0 Å². The lowest BCUT2D eigenvalue weighted by Crippen LogP contribution is -2.29. The molecule has 1 heterocycles. The summed E-state index contributed by atoms with van der Waals surface area (Å²) in [5, 5.41) is 2.63. The Labute approximate surface area is 85.8 Å². The number of rotatable bonds is 4. The molecule has 0 aromatic rings. The van der Waals surface area contributed by atoms with Crippen molar-refractivity contribution in [1.29, 1.82) is 0 Å². The van der Waals surface area contributed by atoms with E-state index < -0.39 is 0 Å².